The van der Waals surface area contributed by atoms with Gasteiger partial charge in [-0.3, -0.25) is 0 Å². The third kappa shape index (κ3) is 3.38. The quantitative estimate of drug-likeness (QED) is 0.671. The highest BCUT2D eigenvalue weighted by Gasteiger charge is 2.37. The number of rotatable bonds is 4. The van der Waals surface area contributed by atoms with Crippen LogP contribution in [0.4, 0.5) is 0 Å². The first-order chi connectivity index (χ1) is 13.1. The summed E-state index contributed by atoms with van der Waals surface area (Å²) in [5.74, 6) is 0. The lowest BCUT2D eigenvalue weighted by Gasteiger charge is -2.23. The Balaban J connectivity index is 1.80. The van der Waals surface area contributed by atoms with Crippen LogP contribution in [0.5, 0.6) is 0 Å². The summed E-state index contributed by atoms with van der Waals surface area (Å²) in [5, 5.41) is 4.55. The predicted molar refractivity (Wildman–Crippen MR) is 107 cm³/mol. The third-order valence-corrected chi connectivity index (χ3v) is 6.43. The van der Waals surface area contributed by atoms with Crippen molar-refractivity contribution in [3.8, 4) is 0 Å². The summed E-state index contributed by atoms with van der Waals surface area (Å²) in [6, 6.07) is 26.0. The van der Waals surface area contributed by atoms with Gasteiger partial charge in [-0.05, 0) is 30.2 Å². The van der Waals surface area contributed by atoms with E-state index in [0.29, 0.717) is 6.42 Å². The van der Waals surface area contributed by atoms with Crippen LogP contribution in [0.3, 0.4) is 0 Å². The molecule has 0 amide bonds. The van der Waals surface area contributed by atoms with Crippen LogP contribution in [-0.4, -0.2) is 18.5 Å². The summed E-state index contributed by atoms with van der Waals surface area (Å²) in [6.07, 6.45) is 0.541. The van der Waals surface area contributed by atoms with Gasteiger partial charge in [-0.2, -0.15) is 17.9 Å². The number of hydrogen-bond acceptors (Lipinski definition) is 3. The van der Waals surface area contributed by atoms with Crippen LogP contribution in [-0.2, 0) is 10.0 Å². The average molecular weight is 376 g/mol. The Morgan fingerprint density at radius 1 is 0.852 bits per heavy atom. The highest BCUT2D eigenvalue weighted by atomic mass is 32.2. The number of aryl methyl sites for hydroxylation is 1. The Labute approximate surface area is 159 Å². The van der Waals surface area contributed by atoms with Crippen molar-refractivity contribution >= 4 is 15.7 Å². The fraction of sp³-hybridized carbons (Fsp3) is 0.136. The molecule has 1 aliphatic heterocycles. The molecule has 0 spiro atoms. The molecule has 0 radical (unpaired) electrons. The van der Waals surface area contributed by atoms with Crippen molar-refractivity contribution < 1.29 is 8.42 Å². The molecule has 0 saturated carbocycles. The molecular formula is C22H20N2O2S. The fourth-order valence-electron chi connectivity index (χ4n) is 3.26. The minimum atomic E-state index is -3.75. The number of hydrogen-bond donors (Lipinski definition) is 0. The van der Waals surface area contributed by atoms with E-state index in [1.54, 1.807) is 12.1 Å². The molecule has 1 atom stereocenters. The van der Waals surface area contributed by atoms with Gasteiger partial charge < -0.3 is 0 Å². The van der Waals surface area contributed by atoms with Gasteiger partial charge in [0, 0.05) is 6.42 Å². The van der Waals surface area contributed by atoms with Gasteiger partial charge in [0.05, 0.1) is 16.6 Å². The summed E-state index contributed by atoms with van der Waals surface area (Å²) >= 11 is 0. The molecule has 3 aromatic carbocycles. The lowest BCUT2D eigenvalue weighted by molar-refractivity contribution is 0.371. The molecule has 3 aromatic rings. The molecule has 0 aromatic heterocycles. The number of sulfonamides is 1. The van der Waals surface area contributed by atoms with Crippen LogP contribution in [0.2, 0.25) is 0 Å². The standard InChI is InChI=1S/C22H20N2O2S/c1-17-12-14-20(15-13-17)27(25,26)24-22(19-10-6-3-7-11-19)16-21(23-24)18-8-4-2-5-9-18/h2-15,22H,16H2,1H3. The first-order valence-electron chi connectivity index (χ1n) is 8.85. The van der Waals surface area contributed by atoms with E-state index in [9.17, 15) is 8.42 Å². The van der Waals surface area contributed by atoms with E-state index in [1.807, 2.05) is 79.7 Å². The van der Waals surface area contributed by atoms with Gasteiger partial charge in [0.2, 0.25) is 0 Å². The van der Waals surface area contributed by atoms with E-state index in [1.165, 1.54) is 4.41 Å². The maximum atomic E-state index is 13.3. The molecule has 0 bridgehead atoms. The molecule has 0 aliphatic carbocycles. The van der Waals surface area contributed by atoms with E-state index in [2.05, 4.69) is 5.10 Å². The van der Waals surface area contributed by atoms with Crippen molar-refractivity contribution in [2.24, 2.45) is 5.10 Å². The van der Waals surface area contributed by atoms with E-state index < -0.39 is 10.0 Å². The second kappa shape index (κ2) is 7.00. The summed E-state index contributed by atoms with van der Waals surface area (Å²) in [5.41, 5.74) is 3.67. The van der Waals surface area contributed by atoms with Gasteiger partial charge in [-0.15, -0.1) is 0 Å². The first kappa shape index (κ1) is 17.5. The number of benzene rings is 3. The van der Waals surface area contributed by atoms with Crippen LogP contribution in [0.1, 0.15) is 29.2 Å². The van der Waals surface area contributed by atoms with Gasteiger partial charge in [-0.25, -0.2) is 0 Å². The second-order valence-electron chi connectivity index (χ2n) is 6.63. The monoisotopic (exact) mass is 376 g/mol. The van der Waals surface area contributed by atoms with Gasteiger partial charge in [-0.1, -0.05) is 78.4 Å². The zero-order valence-electron chi connectivity index (χ0n) is 15.0. The largest absolute Gasteiger partial charge is 0.279 e. The molecule has 0 fully saturated rings. The first-order valence-corrected chi connectivity index (χ1v) is 10.3. The van der Waals surface area contributed by atoms with Crippen LogP contribution >= 0.6 is 0 Å². The average Bonchev–Trinajstić information content (AvgIpc) is 3.16. The van der Waals surface area contributed by atoms with Gasteiger partial charge in [0.1, 0.15) is 0 Å². The second-order valence-corrected chi connectivity index (χ2v) is 8.43. The third-order valence-electron chi connectivity index (χ3n) is 4.73. The summed E-state index contributed by atoms with van der Waals surface area (Å²) < 4.78 is 27.9. The minimum absolute atomic E-state index is 0.257. The summed E-state index contributed by atoms with van der Waals surface area (Å²) in [4.78, 5) is 0.257. The Bertz CT molecular complexity index is 1060. The summed E-state index contributed by atoms with van der Waals surface area (Å²) in [6.45, 7) is 1.94. The zero-order valence-corrected chi connectivity index (χ0v) is 15.8. The lowest BCUT2D eigenvalue weighted by atomic mass is 9.99. The van der Waals surface area contributed by atoms with Crippen molar-refractivity contribution in [2.75, 3.05) is 0 Å². The predicted octanol–water partition coefficient (Wildman–Crippen LogP) is 4.54. The molecule has 0 N–H and O–H groups in total. The Kier molecular flexibility index (Phi) is 4.54. The van der Waals surface area contributed by atoms with Crippen LogP contribution in [0.25, 0.3) is 0 Å². The molecule has 1 aliphatic rings. The van der Waals surface area contributed by atoms with Crippen molar-refractivity contribution in [1.29, 1.82) is 0 Å². The van der Waals surface area contributed by atoms with Gasteiger partial charge in [0.15, 0.2) is 0 Å². The zero-order chi connectivity index (χ0) is 18.9. The van der Waals surface area contributed by atoms with Crippen molar-refractivity contribution in [1.82, 2.24) is 4.41 Å². The Morgan fingerprint density at radius 2 is 1.44 bits per heavy atom. The molecule has 0 saturated heterocycles. The Hall–Kier alpha value is -2.92. The molecule has 5 heteroatoms. The highest BCUT2D eigenvalue weighted by molar-refractivity contribution is 7.89. The highest BCUT2D eigenvalue weighted by Crippen LogP contribution is 2.37. The SMILES string of the molecule is Cc1ccc(S(=O)(=O)N2N=C(c3ccccc3)CC2c2ccccc2)cc1. The maximum Gasteiger partial charge on any atom is 0.279 e. The van der Waals surface area contributed by atoms with Crippen LogP contribution < -0.4 is 0 Å². The van der Waals surface area contributed by atoms with E-state index in [0.717, 1.165) is 22.4 Å². The molecule has 1 heterocycles. The van der Waals surface area contributed by atoms with Crippen molar-refractivity contribution in [2.45, 2.75) is 24.3 Å². The molecule has 27 heavy (non-hydrogen) atoms. The fourth-order valence-corrected chi connectivity index (χ4v) is 4.69. The molecule has 4 nitrogen and oxygen atoms in total. The van der Waals surface area contributed by atoms with Gasteiger partial charge in [0.25, 0.3) is 10.0 Å². The topological polar surface area (TPSA) is 49.7 Å². The van der Waals surface area contributed by atoms with Crippen LogP contribution in [0, 0.1) is 6.92 Å². The molecule has 1 unspecified atom stereocenters. The van der Waals surface area contributed by atoms with Crippen LogP contribution in [0.15, 0.2) is 94.9 Å². The van der Waals surface area contributed by atoms with E-state index in [4.69, 9.17) is 0 Å². The molecule has 136 valence electrons. The smallest absolute Gasteiger partial charge is 0.200 e. The van der Waals surface area contributed by atoms with Crippen molar-refractivity contribution in [3.05, 3.63) is 102 Å². The molecule has 4 rings (SSSR count). The normalized spacial score (nSPS) is 17.0. The Morgan fingerprint density at radius 3 is 2.07 bits per heavy atom. The maximum absolute atomic E-state index is 13.3. The number of nitrogens with zero attached hydrogens (tertiary/aromatic N) is 2. The van der Waals surface area contributed by atoms with E-state index in [-0.39, 0.29) is 10.9 Å². The summed E-state index contributed by atoms with van der Waals surface area (Å²) in [7, 11) is -3.75. The van der Waals surface area contributed by atoms with Crippen molar-refractivity contribution in [3.63, 3.8) is 0 Å². The van der Waals surface area contributed by atoms with E-state index >= 15 is 0 Å². The van der Waals surface area contributed by atoms with Gasteiger partial charge >= 0.3 is 0 Å². The number of hydrazone groups is 1. The minimum Gasteiger partial charge on any atom is -0.200 e. The molecular weight excluding hydrogens is 356 g/mol. The lowest BCUT2D eigenvalue weighted by Crippen LogP contribution is -2.27.